The van der Waals surface area contributed by atoms with E-state index in [0.717, 1.165) is 10.0 Å². The van der Waals surface area contributed by atoms with E-state index < -0.39 is 0 Å². The Balaban J connectivity index is 2.30. The number of anilines is 1. The fraction of sp³-hybridized carbons (Fsp3) is 0.0667. The lowest BCUT2D eigenvalue weighted by Gasteiger charge is -2.10. The molecule has 108 valence electrons. The molecule has 0 unspecified atom stereocenters. The maximum Gasteiger partial charge on any atom is 0.255 e. The van der Waals surface area contributed by atoms with Crippen LogP contribution in [0, 0.1) is 6.92 Å². The van der Waals surface area contributed by atoms with Crippen molar-refractivity contribution in [3.05, 3.63) is 63.6 Å². The Bertz CT molecular complexity index is 714. The highest BCUT2D eigenvalue weighted by Gasteiger charge is 2.11. The lowest BCUT2D eigenvalue weighted by Crippen LogP contribution is -2.19. The molecule has 21 heavy (non-hydrogen) atoms. The molecule has 0 aromatic heterocycles. The second-order valence-electron chi connectivity index (χ2n) is 4.45. The number of rotatable bonds is 3. The molecule has 2 aromatic rings. The van der Waals surface area contributed by atoms with Gasteiger partial charge in [-0.2, -0.15) is 0 Å². The number of para-hydroxylation sites is 1. The Morgan fingerprint density at radius 3 is 2.67 bits per heavy atom. The summed E-state index contributed by atoms with van der Waals surface area (Å²) in [5.41, 5.74) is 8.04. The van der Waals surface area contributed by atoms with Gasteiger partial charge < -0.3 is 16.3 Å². The molecule has 6 heteroatoms. The van der Waals surface area contributed by atoms with Gasteiger partial charge in [0.1, 0.15) is 0 Å². The molecule has 0 spiro atoms. The van der Waals surface area contributed by atoms with Crippen molar-refractivity contribution in [2.75, 3.05) is 5.32 Å². The van der Waals surface area contributed by atoms with Crippen molar-refractivity contribution in [2.24, 2.45) is 10.9 Å². The van der Waals surface area contributed by atoms with Crippen LogP contribution >= 0.6 is 15.9 Å². The van der Waals surface area contributed by atoms with Gasteiger partial charge in [0.15, 0.2) is 5.84 Å². The number of hydrogen-bond acceptors (Lipinski definition) is 3. The third-order valence-electron chi connectivity index (χ3n) is 2.98. The first-order chi connectivity index (χ1) is 10.0. The third kappa shape index (κ3) is 3.41. The van der Waals surface area contributed by atoms with Gasteiger partial charge in [0.25, 0.3) is 5.91 Å². The standard InChI is InChI=1S/C15H14BrN3O2/c1-9-8-10(6-7-12(9)16)15(20)18-13-5-3-2-4-11(13)14(17)19-21/h2-8,21H,1H3,(H2,17,19)(H,18,20). The van der Waals surface area contributed by atoms with Gasteiger partial charge in [-0.3, -0.25) is 4.79 Å². The predicted octanol–water partition coefficient (Wildman–Crippen LogP) is 3.10. The van der Waals surface area contributed by atoms with Gasteiger partial charge in [-0.05, 0) is 42.8 Å². The number of nitrogens with one attached hydrogen (secondary N) is 1. The number of benzene rings is 2. The number of amides is 1. The molecule has 1 amide bonds. The first-order valence-electron chi connectivity index (χ1n) is 6.17. The zero-order valence-corrected chi connectivity index (χ0v) is 12.9. The van der Waals surface area contributed by atoms with E-state index in [1.54, 1.807) is 36.4 Å². The van der Waals surface area contributed by atoms with Gasteiger partial charge in [0.05, 0.1) is 5.69 Å². The largest absolute Gasteiger partial charge is 0.409 e. The summed E-state index contributed by atoms with van der Waals surface area (Å²) in [5.74, 6) is -0.318. The van der Waals surface area contributed by atoms with Crippen LogP contribution in [0.1, 0.15) is 21.5 Å². The summed E-state index contributed by atoms with van der Waals surface area (Å²) < 4.78 is 0.941. The minimum atomic E-state index is -0.260. The minimum Gasteiger partial charge on any atom is -0.409 e. The van der Waals surface area contributed by atoms with Crippen LogP contribution in [-0.4, -0.2) is 17.0 Å². The van der Waals surface area contributed by atoms with Gasteiger partial charge in [-0.1, -0.05) is 33.2 Å². The highest BCUT2D eigenvalue weighted by Crippen LogP contribution is 2.19. The molecule has 0 atom stereocenters. The normalized spacial score (nSPS) is 11.2. The van der Waals surface area contributed by atoms with Gasteiger partial charge in [-0.25, -0.2) is 0 Å². The molecule has 0 aliphatic heterocycles. The number of aryl methyl sites for hydroxylation is 1. The number of halogens is 1. The van der Waals surface area contributed by atoms with E-state index in [-0.39, 0.29) is 11.7 Å². The Labute approximate surface area is 130 Å². The summed E-state index contributed by atoms with van der Waals surface area (Å²) >= 11 is 3.39. The van der Waals surface area contributed by atoms with Gasteiger partial charge in [0.2, 0.25) is 0 Å². The molecule has 0 bridgehead atoms. The first-order valence-corrected chi connectivity index (χ1v) is 6.96. The molecular weight excluding hydrogens is 334 g/mol. The first kappa shape index (κ1) is 15.1. The fourth-order valence-electron chi connectivity index (χ4n) is 1.85. The third-order valence-corrected chi connectivity index (χ3v) is 3.87. The molecule has 0 heterocycles. The Morgan fingerprint density at radius 1 is 1.29 bits per heavy atom. The van der Waals surface area contributed by atoms with Crippen LogP contribution in [0.3, 0.4) is 0 Å². The van der Waals surface area contributed by atoms with E-state index in [0.29, 0.717) is 16.8 Å². The maximum atomic E-state index is 12.3. The molecule has 0 fully saturated rings. The van der Waals surface area contributed by atoms with E-state index >= 15 is 0 Å². The van der Waals surface area contributed by atoms with Crippen LogP contribution in [-0.2, 0) is 0 Å². The van der Waals surface area contributed by atoms with Gasteiger partial charge >= 0.3 is 0 Å². The maximum absolute atomic E-state index is 12.3. The topological polar surface area (TPSA) is 87.7 Å². The summed E-state index contributed by atoms with van der Waals surface area (Å²) in [4.78, 5) is 12.3. The number of carbonyl (C=O) groups excluding carboxylic acids is 1. The summed E-state index contributed by atoms with van der Waals surface area (Å²) in [5, 5.41) is 14.5. The summed E-state index contributed by atoms with van der Waals surface area (Å²) in [6.45, 7) is 1.91. The summed E-state index contributed by atoms with van der Waals surface area (Å²) in [6, 6.07) is 12.2. The van der Waals surface area contributed by atoms with Crippen LogP contribution in [0.4, 0.5) is 5.69 Å². The minimum absolute atomic E-state index is 0.0575. The van der Waals surface area contributed by atoms with Crippen LogP contribution in [0.5, 0.6) is 0 Å². The molecule has 2 rings (SSSR count). The van der Waals surface area contributed by atoms with E-state index in [4.69, 9.17) is 10.9 Å². The average molecular weight is 348 g/mol. The van der Waals surface area contributed by atoms with Gasteiger partial charge in [0, 0.05) is 15.6 Å². The highest BCUT2D eigenvalue weighted by atomic mass is 79.9. The zero-order chi connectivity index (χ0) is 15.4. The fourth-order valence-corrected chi connectivity index (χ4v) is 2.10. The van der Waals surface area contributed by atoms with E-state index in [9.17, 15) is 4.79 Å². The molecule has 0 saturated carbocycles. The monoisotopic (exact) mass is 347 g/mol. The lowest BCUT2D eigenvalue weighted by molar-refractivity contribution is 0.102. The predicted molar refractivity (Wildman–Crippen MR) is 85.8 cm³/mol. The highest BCUT2D eigenvalue weighted by molar-refractivity contribution is 9.10. The molecule has 0 aliphatic rings. The molecule has 4 N–H and O–H groups in total. The number of oxime groups is 1. The second-order valence-corrected chi connectivity index (χ2v) is 5.30. The average Bonchev–Trinajstić information content (AvgIpc) is 2.49. The van der Waals surface area contributed by atoms with Gasteiger partial charge in [-0.15, -0.1) is 0 Å². The number of carbonyl (C=O) groups is 1. The van der Waals surface area contributed by atoms with Crippen molar-refractivity contribution in [3.63, 3.8) is 0 Å². The Hall–Kier alpha value is -2.34. The number of nitrogens with two attached hydrogens (primary N) is 1. The van der Waals surface area contributed by atoms with Crippen molar-refractivity contribution in [1.82, 2.24) is 0 Å². The van der Waals surface area contributed by atoms with Crippen LogP contribution in [0.15, 0.2) is 52.1 Å². The number of amidine groups is 1. The molecule has 0 saturated heterocycles. The van der Waals surface area contributed by atoms with Crippen molar-refractivity contribution in [2.45, 2.75) is 6.92 Å². The Kier molecular flexibility index (Phi) is 4.59. The van der Waals surface area contributed by atoms with E-state index in [1.807, 2.05) is 13.0 Å². The van der Waals surface area contributed by atoms with Crippen LogP contribution in [0.25, 0.3) is 0 Å². The van der Waals surface area contributed by atoms with Crippen molar-refractivity contribution >= 4 is 33.4 Å². The molecular formula is C15H14BrN3O2. The number of nitrogens with zero attached hydrogens (tertiary/aromatic N) is 1. The lowest BCUT2D eigenvalue weighted by atomic mass is 10.1. The van der Waals surface area contributed by atoms with Crippen molar-refractivity contribution in [1.29, 1.82) is 0 Å². The molecule has 0 aliphatic carbocycles. The van der Waals surface area contributed by atoms with Crippen LogP contribution in [0.2, 0.25) is 0 Å². The summed E-state index contributed by atoms with van der Waals surface area (Å²) in [6.07, 6.45) is 0. The van der Waals surface area contributed by atoms with E-state index in [2.05, 4.69) is 26.4 Å². The quantitative estimate of drug-likeness (QED) is 0.345. The SMILES string of the molecule is Cc1cc(C(=O)Nc2ccccc2/C(N)=N/O)ccc1Br. The zero-order valence-electron chi connectivity index (χ0n) is 11.3. The van der Waals surface area contributed by atoms with E-state index in [1.165, 1.54) is 0 Å². The molecule has 5 nitrogen and oxygen atoms in total. The summed E-state index contributed by atoms with van der Waals surface area (Å²) in [7, 11) is 0. The molecule has 2 aromatic carbocycles. The molecule has 0 radical (unpaired) electrons. The number of hydrogen-bond donors (Lipinski definition) is 3. The van der Waals surface area contributed by atoms with Crippen LogP contribution < -0.4 is 11.1 Å². The van der Waals surface area contributed by atoms with Crippen molar-refractivity contribution in [3.8, 4) is 0 Å². The van der Waals surface area contributed by atoms with Crippen molar-refractivity contribution < 1.29 is 10.0 Å². The Morgan fingerprint density at radius 2 is 2.00 bits per heavy atom. The second kappa shape index (κ2) is 6.41. The smallest absolute Gasteiger partial charge is 0.255 e.